The monoisotopic (exact) mass is 400 g/mol. The summed E-state index contributed by atoms with van der Waals surface area (Å²) in [6.45, 7) is 6.65. The van der Waals surface area contributed by atoms with E-state index in [-0.39, 0.29) is 11.9 Å². The van der Waals surface area contributed by atoms with E-state index in [1.807, 2.05) is 32.0 Å². The molecular formula is C21H28N4O2S. The summed E-state index contributed by atoms with van der Waals surface area (Å²) in [4.78, 5) is 24.5. The molecule has 0 atom stereocenters. The molecule has 2 heterocycles. The van der Waals surface area contributed by atoms with Gasteiger partial charge in [-0.15, -0.1) is 11.3 Å². The van der Waals surface area contributed by atoms with Crippen molar-refractivity contribution < 1.29 is 9.53 Å². The van der Waals surface area contributed by atoms with Gasteiger partial charge in [-0.2, -0.15) is 0 Å². The van der Waals surface area contributed by atoms with Crippen LogP contribution in [0.4, 0.5) is 0 Å². The number of aryl methyl sites for hydroxylation is 1. The first-order valence-electron chi connectivity index (χ1n) is 9.76. The summed E-state index contributed by atoms with van der Waals surface area (Å²) in [5, 5.41) is 4.50. The van der Waals surface area contributed by atoms with E-state index in [1.54, 1.807) is 18.4 Å². The van der Waals surface area contributed by atoms with Gasteiger partial charge in [0.15, 0.2) is 5.96 Å². The van der Waals surface area contributed by atoms with Crippen LogP contribution in [-0.4, -0.2) is 48.6 Å². The third-order valence-corrected chi connectivity index (χ3v) is 6.15. The maximum Gasteiger partial charge on any atom is 0.309 e. The predicted molar refractivity (Wildman–Crippen MR) is 113 cm³/mol. The van der Waals surface area contributed by atoms with Crippen LogP contribution in [-0.2, 0) is 16.1 Å². The fourth-order valence-corrected chi connectivity index (χ4v) is 4.38. The van der Waals surface area contributed by atoms with Gasteiger partial charge < -0.3 is 15.0 Å². The zero-order valence-electron chi connectivity index (χ0n) is 16.8. The number of carbonyl (C=O) groups excluding carboxylic acids is 1. The minimum atomic E-state index is -0.0705. The van der Waals surface area contributed by atoms with Crippen LogP contribution in [0.3, 0.4) is 0 Å². The van der Waals surface area contributed by atoms with E-state index < -0.39 is 0 Å². The number of hydrogen-bond acceptors (Lipinski definition) is 5. The average molecular weight is 401 g/mol. The van der Waals surface area contributed by atoms with E-state index >= 15 is 0 Å². The molecule has 2 aromatic rings. The first-order chi connectivity index (χ1) is 13.6. The summed E-state index contributed by atoms with van der Waals surface area (Å²) in [7, 11) is 1.80. The zero-order chi connectivity index (χ0) is 19.9. The van der Waals surface area contributed by atoms with Gasteiger partial charge in [0.2, 0.25) is 0 Å². The molecule has 0 bridgehead atoms. The highest BCUT2D eigenvalue weighted by Crippen LogP contribution is 2.27. The fourth-order valence-electron chi connectivity index (χ4n) is 3.37. The Morgan fingerprint density at radius 1 is 1.32 bits per heavy atom. The van der Waals surface area contributed by atoms with E-state index in [0.29, 0.717) is 13.2 Å². The minimum Gasteiger partial charge on any atom is -0.466 e. The third kappa shape index (κ3) is 4.90. The summed E-state index contributed by atoms with van der Waals surface area (Å²) in [5.41, 5.74) is 2.19. The lowest BCUT2D eigenvalue weighted by atomic mass is 9.97. The number of nitrogens with zero attached hydrogens (tertiary/aromatic N) is 3. The van der Waals surface area contributed by atoms with Crippen molar-refractivity contribution in [1.29, 1.82) is 0 Å². The number of carbonyl (C=O) groups is 1. The van der Waals surface area contributed by atoms with Crippen molar-refractivity contribution in [2.24, 2.45) is 10.9 Å². The first kappa shape index (κ1) is 20.3. The van der Waals surface area contributed by atoms with E-state index in [1.165, 1.54) is 4.88 Å². The Labute approximate surface area is 170 Å². The molecule has 1 aromatic carbocycles. The topological polar surface area (TPSA) is 66.8 Å². The quantitative estimate of drug-likeness (QED) is 0.473. The van der Waals surface area contributed by atoms with E-state index in [2.05, 4.69) is 27.3 Å². The van der Waals surface area contributed by atoms with Gasteiger partial charge in [-0.05, 0) is 26.7 Å². The molecule has 1 aliphatic rings. The molecule has 1 aliphatic heterocycles. The Morgan fingerprint density at radius 2 is 2.04 bits per heavy atom. The highest BCUT2D eigenvalue weighted by molar-refractivity contribution is 7.15. The van der Waals surface area contributed by atoms with Crippen LogP contribution in [0, 0.1) is 12.8 Å². The number of piperidine rings is 1. The Kier molecular flexibility index (Phi) is 7.03. The molecule has 0 radical (unpaired) electrons. The van der Waals surface area contributed by atoms with Crippen molar-refractivity contribution in [2.45, 2.75) is 33.2 Å². The minimum absolute atomic E-state index is 0.00600. The highest BCUT2D eigenvalue weighted by atomic mass is 32.1. The summed E-state index contributed by atoms with van der Waals surface area (Å²) >= 11 is 1.71. The molecule has 0 saturated carbocycles. The molecule has 7 heteroatoms. The number of aromatic nitrogens is 1. The van der Waals surface area contributed by atoms with Crippen LogP contribution >= 0.6 is 11.3 Å². The number of esters is 1. The molecular weight excluding hydrogens is 372 g/mol. The molecule has 0 aliphatic carbocycles. The number of benzene rings is 1. The number of ether oxygens (including phenoxy) is 1. The number of rotatable bonds is 5. The van der Waals surface area contributed by atoms with Crippen LogP contribution in [0.5, 0.6) is 0 Å². The van der Waals surface area contributed by atoms with Crippen molar-refractivity contribution in [3.05, 3.63) is 40.9 Å². The molecule has 6 nitrogen and oxygen atoms in total. The molecule has 0 amide bonds. The predicted octanol–water partition coefficient (Wildman–Crippen LogP) is 3.47. The Balaban J connectivity index is 1.57. The van der Waals surface area contributed by atoms with Crippen LogP contribution in [0.2, 0.25) is 0 Å². The van der Waals surface area contributed by atoms with Crippen molar-refractivity contribution in [2.75, 3.05) is 26.7 Å². The summed E-state index contributed by atoms with van der Waals surface area (Å²) < 4.78 is 5.15. The van der Waals surface area contributed by atoms with E-state index in [0.717, 1.165) is 48.2 Å². The summed E-state index contributed by atoms with van der Waals surface area (Å²) in [6, 6.07) is 10.3. The van der Waals surface area contributed by atoms with Gasteiger partial charge in [-0.1, -0.05) is 30.3 Å². The van der Waals surface area contributed by atoms with Crippen molar-refractivity contribution in [3.63, 3.8) is 0 Å². The van der Waals surface area contributed by atoms with Gasteiger partial charge in [0.1, 0.15) is 5.01 Å². The third-order valence-electron chi connectivity index (χ3n) is 4.95. The smallest absolute Gasteiger partial charge is 0.309 e. The SMILES string of the molecule is CCOC(=O)C1CCN(C(=NC)NCc2sc(-c3ccccc3)nc2C)CC1. The second-order valence-electron chi connectivity index (χ2n) is 6.81. The number of guanidine groups is 1. The van der Waals surface area contributed by atoms with Crippen LogP contribution in [0.1, 0.15) is 30.3 Å². The lowest BCUT2D eigenvalue weighted by molar-refractivity contribution is -0.149. The second kappa shape index (κ2) is 9.68. The molecule has 1 saturated heterocycles. The number of aliphatic imine (C=N–C) groups is 1. The van der Waals surface area contributed by atoms with Gasteiger partial charge in [0, 0.05) is 30.6 Å². The lowest BCUT2D eigenvalue weighted by Crippen LogP contribution is -2.46. The maximum atomic E-state index is 11.9. The normalized spacial score (nSPS) is 15.5. The Bertz CT molecular complexity index is 811. The van der Waals surface area contributed by atoms with E-state index in [9.17, 15) is 4.79 Å². The number of thiazole rings is 1. The Morgan fingerprint density at radius 3 is 2.68 bits per heavy atom. The zero-order valence-corrected chi connectivity index (χ0v) is 17.6. The average Bonchev–Trinajstić information content (AvgIpc) is 3.10. The van der Waals surface area contributed by atoms with Gasteiger partial charge in [-0.3, -0.25) is 9.79 Å². The molecule has 0 unspecified atom stereocenters. The highest BCUT2D eigenvalue weighted by Gasteiger charge is 2.27. The summed E-state index contributed by atoms with van der Waals surface area (Å²) in [6.07, 6.45) is 1.61. The van der Waals surface area contributed by atoms with Crippen LogP contribution in [0.15, 0.2) is 35.3 Å². The van der Waals surface area contributed by atoms with Crippen LogP contribution in [0.25, 0.3) is 10.6 Å². The van der Waals surface area contributed by atoms with E-state index in [4.69, 9.17) is 9.72 Å². The van der Waals surface area contributed by atoms with Gasteiger partial charge >= 0.3 is 5.97 Å². The second-order valence-corrected chi connectivity index (χ2v) is 7.89. The molecule has 0 spiro atoms. The largest absolute Gasteiger partial charge is 0.466 e. The Hall–Kier alpha value is -2.41. The standard InChI is InChI=1S/C21H28N4O2S/c1-4-27-20(26)17-10-12-25(13-11-17)21(22-3)23-14-18-15(2)24-19(28-18)16-8-6-5-7-9-16/h5-9,17H,4,10-14H2,1-3H3,(H,22,23). The molecule has 28 heavy (non-hydrogen) atoms. The molecule has 1 N–H and O–H groups in total. The molecule has 3 rings (SSSR count). The number of hydrogen-bond donors (Lipinski definition) is 1. The van der Waals surface area contributed by atoms with Gasteiger partial charge in [-0.25, -0.2) is 4.98 Å². The van der Waals surface area contributed by atoms with Crippen molar-refractivity contribution in [1.82, 2.24) is 15.2 Å². The maximum absolute atomic E-state index is 11.9. The van der Waals surface area contributed by atoms with Gasteiger partial charge in [0.25, 0.3) is 0 Å². The van der Waals surface area contributed by atoms with Crippen LogP contribution < -0.4 is 5.32 Å². The number of nitrogens with one attached hydrogen (secondary N) is 1. The van der Waals surface area contributed by atoms with Crippen molar-refractivity contribution in [3.8, 4) is 10.6 Å². The lowest BCUT2D eigenvalue weighted by Gasteiger charge is -2.33. The van der Waals surface area contributed by atoms with Crippen molar-refractivity contribution >= 4 is 23.3 Å². The fraction of sp³-hybridized carbons (Fsp3) is 0.476. The first-order valence-corrected chi connectivity index (χ1v) is 10.6. The number of likely N-dealkylation sites (tertiary alicyclic amines) is 1. The molecule has 1 aromatic heterocycles. The molecule has 1 fully saturated rings. The summed E-state index contributed by atoms with van der Waals surface area (Å²) in [5.74, 6) is 0.807. The van der Waals surface area contributed by atoms with Gasteiger partial charge in [0.05, 0.1) is 24.8 Å². The molecule has 150 valence electrons.